The SMILES string of the molecule is Cc1ncsc1CN1Cc2ccnn2CC(OCC2CC2)C1. The molecule has 1 aliphatic carbocycles. The third kappa shape index (κ3) is 3.24. The van der Waals surface area contributed by atoms with Crippen LogP contribution in [0.4, 0.5) is 0 Å². The Kier molecular flexibility index (Phi) is 3.98. The molecule has 3 heterocycles. The molecule has 118 valence electrons. The molecule has 1 atom stereocenters. The van der Waals surface area contributed by atoms with Crippen molar-refractivity contribution in [3.05, 3.63) is 34.0 Å². The molecular formula is C16H22N4OS. The molecule has 0 spiro atoms. The molecule has 0 bridgehead atoms. The zero-order valence-corrected chi connectivity index (χ0v) is 13.8. The summed E-state index contributed by atoms with van der Waals surface area (Å²) in [6, 6.07) is 2.12. The van der Waals surface area contributed by atoms with Crippen molar-refractivity contribution in [1.82, 2.24) is 19.7 Å². The van der Waals surface area contributed by atoms with Crippen LogP contribution in [-0.4, -0.2) is 38.9 Å². The minimum absolute atomic E-state index is 0.231. The fourth-order valence-electron chi connectivity index (χ4n) is 2.95. The molecule has 0 N–H and O–H groups in total. The maximum atomic E-state index is 6.18. The van der Waals surface area contributed by atoms with Crippen LogP contribution in [-0.2, 0) is 24.4 Å². The molecule has 0 saturated heterocycles. The van der Waals surface area contributed by atoms with Crippen molar-refractivity contribution < 1.29 is 4.74 Å². The first-order valence-electron chi connectivity index (χ1n) is 8.01. The van der Waals surface area contributed by atoms with E-state index in [4.69, 9.17) is 4.74 Å². The molecule has 1 saturated carbocycles. The highest BCUT2D eigenvalue weighted by Crippen LogP contribution is 2.29. The van der Waals surface area contributed by atoms with Gasteiger partial charge in [-0.25, -0.2) is 4.98 Å². The van der Waals surface area contributed by atoms with Gasteiger partial charge in [0.1, 0.15) is 0 Å². The van der Waals surface area contributed by atoms with Crippen LogP contribution in [0, 0.1) is 12.8 Å². The summed E-state index contributed by atoms with van der Waals surface area (Å²) in [7, 11) is 0. The zero-order chi connectivity index (χ0) is 14.9. The molecule has 2 aromatic heterocycles. The second kappa shape index (κ2) is 6.10. The van der Waals surface area contributed by atoms with Crippen LogP contribution in [0.5, 0.6) is 0 Å². The van der Waals surface area contributed by atoms with Crippen LogP contribution in [0.25, 0.3) is 0 Å². The summed E-state index contributed by atoms with van der Waals surface area (Å²) < 4.78 is 8.29. The van der Waals surface area contributed by atoms with Gasteiger partial charge in [0.05, 0.1) is 29.5 Å². The first kappa shape index (κ1) is 14.4. The molecule has 1 unspecified atom stereocenters. The Morgan fingerprint density at radius 2 is 2.27 bits per heavy atom. The number of rotatable bonds is 5. The van der Waals surface area contributed by atoms with E-state index >= 15 is 0 Å². The predicted molar refractivity (Wildman–Crippen MR) is 85.7 cm³/mol. The first-order valence-corrected chi connectivity index (χ1v) is 8.89. The number of aryl methyl sites for hydroxylation is 1. The third-order valence-electron chi connectivity index (χ3n) is 4.51. The molecule has 0 amide bonds. The van der Waals surface area contributed by atoms with E-state index in [9.17, 15) is 0 Å². The third-order valence-corrected chi connectivity index (χ3v) is 5.42. The number of hydrogen-bond donors (Lipinski definition) is 0. The molecule has 22 heavy (non-hydrogen) atoms. The maximum absolute atomic E-state index is 6.18. The van der Waals surface area contributed by atoms with Gasteiger partial charge in [-0.15, -0.1) is 11.3 Å². The number of fused-ring (bicyclic) bond motifs is 1. The lowest BCUT2D eigenvalue weighted by atomic mass is 10.3. The summed E-state index contributed by atoms with van der Waals surface area (Å²) in [4.78, 5) is 8.20. The van der Waals surface area contributed by atoms with Crippen LogP contribution in [0.3, 0.4) is 0 Å². The number of hydrogen-bond acceptors (Lipinski definition) is 5. The Hall–Kier alpha value is -1.24. The number of aromatic nitrogens is 3. The Morgan fingerprint density at radius 3 is 3.05 bits per heavy atom. The summed E-state index contributed by atoms with van der Waals surface area (Å²) in [5.74, 6) is 0.803. The van der Waals surface area contributed by atoms with Gasteiger partial charge in [-0.2, -0.15) is 5.10 Å². The second-order valence-corrected chi connectivity index (χ2v) is 7.37. The van der Waals surface area contributed by atoms with Crippen LogP contribution < -0.4 is 0 Å². The average molecular weight is 318 g/mol. The monoisotopic (exact) mass is 318 g/mol. The van der Waals surface area contributed by atoms with Gasteiger partial charge in [-0.05, 0) is 31.7 Å². The fourth-order valence-corrected chi connectivity index (χ4v) is 3.77. The maximum Gasteiger partial charge on any atom is 0.0897 e. The molecule has 1 fully saturated rings. The van der Waals surface area contributed by atoms with Crippen molar-refractivity contribution in [2.45, 2.75) is 45.5 Å². The molecule has 2 aliphatic rings. The van der Waals surface area contributed by atoms with E-state index in [-0.39, 0.29) is 6.10 Å². The zero-order valence-electron chi connectivity index (χ0n) is 12.9. The number of nitrogens with zero attached hydrogens (tertiary/aromatic N) is 4. The van der Waals surface area contributed by atoms with E-state index < -0.39 is 0 Å². The average Bonchev–Trinajstić information content (AvgIpc) is 3.16. The van der Waals surface area contributed by atoms with Gasteiger partial charge < -0.3 is 4.74 Å². The predicted octanol–water partition coefficient (Wildman–Crippen LogP) is 2.46. The van der Waals surface area contributed by atoms with Crippen LogP contribution in [0.2, 0.25) is 0 Å². The van der Waals surface area contributed by atoms with E-state index in [2.05, 4.69) is 32.7 Å². The molecule has 5 nitrogen and oxygen atoms in total. The second-order valence-electron chi connectivity index (χ2n) is 6.43. The summed E-state index contributed by atoms with van der Waals surface area (Å²) in [6.45, 7) is 6.72. The van der Waals surface area contributed by atoms with Crippen molar-refractivity contribution in [1.29, 1.82) is 0 Å². The fraction of sp³-hybridized carbons (Fsp3) is 0.625. The van der Waals surface area contributed by atoms with Gasteiger partial charge >= 0.3 is 0 Å². The minimum Gasteiger partial charge on any atom is -0.375 e. The highest BCUT2D eigenvalue weighted by atomic mass is 32.1. The van der Waals surface area contributed by atoms with Gasteiger partial charge in [0, 0.05) is 37.3 Å². The summed E-state index contributed by atoms with van der Waals surface area (Å²) >= 11 is 1.75. The van der Waals surface area contributed by atoms with Crippen molar-refractivity contribution in [2.24, 2.45) is 5.92 Å². The van der Waals surface area contributed by atoms with Crippen LogP contribution >= 0.6 is 11.3 Å². The summed E-state index contributed by atoms with van der Waals surface area (Å²) in [5.41, 5.74) is 4.37. The van der Waals surface area contributed by atoms with E-state index in [0.717, 1.165) is 44.4 Å². The summed E-state index contributed by atoms with van der Waals surface area (Å²) in [6.07, 6.45) is 4.80. The van der Waals surface area contributed by atoms with Gasteiger partial charge in [0.2, 0.25) is 0 Å². The van der Waals surface area contributed by atoms with Gasteiger partial charge in [-0.1, -0.05) is 0 Å². The molecule has 6 heteroatoms. The summed E-state index contributed by atoms with van der Waals surface area (Å²) in [5, 5.41) is 4.46. The largest absolute Gasteiger partial charge is 0.375 e. The minimum atomic E-state index is 0.231. The Balaban J connectivity index is 1.48. The number of thiazole rings is 1. The molecule has 4 rings (SSSR count). The van der Waals surface area contributed by atoms with E-state index in [1.54, 1.807) is 11.3 Å². The topological polar surface area (TPSA) is 43.2 Å². The first-order chi connectivity index (χ1) is 10.8. The molecular weight excluding hydrogens is 296 g/mol. The van der Waals surface area contributed by atoms with E-state index in [1.807, 2.05) is 11.7 Å². The van der Waals surface area contributed by atoms with E-state index in [1.165, 1.54) is 23.4 Å². The van der Waals surface area contributed by atoms with Crippen molar-refractivity contribution >= 4 is 11.3 Å². The lowest BCUT2D eigenvalue weighted by Gasteiger charge is -2.23. The van der Waals surface area contributed by atoms with Gasteiger partial charge in [0.25, 0.3) is 0 Å². The smallest absolute Gasteiger partial charge is 0.0897 e. The van der Waals surface area contributed by atoms with E-state index in [0.29, 0.717) is 0 Å². The van der Waals surface area contributed by atoms with Crippen LogP contribution in [0.1, 0.15) is 29.1 Å². The highest BCUT2D eigenvalue weighted by molar-refractivity contribution is 7.09. The Morgan fingerprint density at radius 1 is 1.36 bits per heavy atom. The molecule has 2 aromatic rings. The lowest BCUT2D eigenvalue weighted by molar-refractivity contribution is 0.0124. The normalized spacial score (nSPS) is 22.5. The lowest BCUT2D eigenvalue weighted by Crippen LogP contribution is -2.33. The highest BCUT2D eigenvalue weighted by Gasteiger charge is 2.27. The van der Waals surface area contributed by atoms with Crippen LogP contribution in [0.15, 0.2) is 17.8 Å². The Bertz CT molecular complexity index is 634. The van der Waals surface area contributed by atoms with Gasteiger partial charge in [-0.3, -0.25) is 9.58 Å². The Labute approximate surface area is 134 Å². The number of ether oxygens (including phenoxy) is 1. The van der Waals surface area contributed by atoms with Gasteiger partial charge in [0.15, 0.2) is 0 Å². The molecule has 0 radical (unpaired) electrons. The van der Waals surface area contributed by atoms with Crippen molar-refractivity contribution in [3.63, 3.8) is 0 Å². The molecule has 0 aromatic carbocycles. The quantitative estimate of drug-likeness (QED) is 0.849. The molecule has 1 aliphatic heterocycles. The van der Waals surface area contributed by atoms with Crippen molar-refractivity contribution in [3.8, 4) is 0 Å². The standard InChI is InChI=1S/C16H22N4OS/c1-12-16(22-11-17-12)9-19-6-14-4-5-18-20(14)8-15(7-19)21-10-13-2-3-13/h4-5,11,13,15H,2-3,6-10H2,1H3. The van der Waals surface area contributed by atoms with Crippen molar-refractivity contribution in [2.75, 3.05) is 13.2 Å².